The largest absolute Gasteiger partial charge is 0.484 e. The average molecular weight is 237 g/mol. The Morgan fingerprint density at radius 2 is 1.82 bits per heavy atom. The summed E-state index contributed by atoms with van der Waals surface area (Å²) < 4.78 is 5.31. The Balaban J connectivity index is 3.03. The molecule has 1 N–H and O–H groups in total. The zero-order valence-electron chi connectivity index (χ0n) is 11.9. The summed E-state index contributed by atoms with van der Waals surface area (Å²) in [6, 6.07) is 1.96. The number of methoxy groups -OCH3 is 1. The summed E-state index contributed by atoms with van der Waals surface area (Å²) in [4.78, 5) is 4.43. The lowest BCUT2D eigenvalue weighted by Crippen LogP contribution is -2.21. The highest BCUT2D eigenvalue weighted by Crippen LogP contribution is 2.25. The molecule has 4 heteroatoms. The molecule has 0 fully saturated rings. The molecular formula is C13H23N3O. The molecule has 1 rings (SSSR count). The first kappa shape index (κ1) is 13.7. The van der Waals surface area contributed by atoms with Gasteiger partial charge in [0.1, 0.15) is 0 Å². The molecule has 0 bridgehead atoms. The number of rotatable bonds is 1. The molecule has 0 radical (unpaired) electrons. The maximum atomic E-state index is 5.31. The molecular weight excluding hydrogens is 214 g/mol. The van der Waals surface area contributed by atoms with Crippen molar-refractivity contribution >= 4 is 11.7 Å². The van der Waals surface area contributed by atoms with Crippen LogP contribution >= 0.6 is 0 Å². The quantitative estimate of drug-likeness (QED) is 0.601. The molecule has 1 aromatic heterocycles. The summed E-state index contributed by atoms with van der Waals surface area (Å²) in [5.74, 6) is 1.35. The molecule has 0 aliphatic rings. The van der Waals surface area contributed by atoms with Gasteiger partial charge in [0.15, 0.2) is 11.7 Å². The van der Waals surface area contributed by atoms with Crippen molar-refractivity contribution in [3.63, 3.8) is 0 Å². The van der Waals surface area contributed by atoms with Crippen molar-refractivity contribution in [2.45, 2.75) is 47.0 Å². The van der Waals surface area contributed by atoms with Crippen LogP contribution < -0.4 is 0 Å². The van der Waals surface area contributed by atoms with Crippen molar-refractivity contribution in [3.8, 4) is 0 Å². The Morgan fingerprint density at radius 3 is 2.18 bits per heavy atom. The third-order valence-electron chi connectivity index (χ3n) is 2.42. The number of aliphatic imine (C=N–C) groups is 1. The van der Waals surface area contributed by atoms with Gasteiger partial charge < -0.3 is 4.74 Å². The van der Waals surface area contributed by atoms with Crippen LogP contribution in [0.2, 0.25) is 0 Å². The molecule has 0 spiro atoms. The summed E-state index contributed by atoms with van der Waals surface area (Å²) in [5, 5.41) is 7.21. The van der Waals surface area contributed by atoms with E-state index in [1.807, 2.05) is 6.07 Å². The van der Waals surface area contributed by atoms with Gasteiger partial charge in [-0.1, -0.05) is 41.5 Å². The van der Waals surface area contributed by atoms with Gasteiger partial charge in [0.2, 0.25) is 0 Å². The van der Waals surface area contributed by atoms with E-state index in [2.05, 4.69) is 56.7 Å². The first-order chi connectivity index (χ1) is 7.64. The lowest BCUT2D eigenvalue weighted by molar-refractivity contribution is 0.337. The van der Waals surface area contributed by atoms with Gasteiger partial charge in [-0.25, -0.2) is 0 Å². The lowest BCUT2D eigenvalue weighted by Gasteiger charge is -2.19. The fraction of sp³-hybridized carbons (Fsp3) is 0.692. The first-order valence-electron chi connectivity index (χ1n) is 5.83. The summed E-state index contributed by atoms with van der Waals surface area (Å²) in [6.45, 7) is 12.6. The van der Waals surface area contributed by atoms with Crippen molar-refractivity contribution in [3.05, 3.63) is 11.8 Å². The zero-order valence-corrected chi connectivity index (χ0v) is 11.9. The van der Waals surface area contributed by atoms with E-state index in [4.69, 9.17) is 4.74 Å². The van der Waals surface area contributed by atoms with Crippen LogP contribution in [0.1, 0.15) is 47.2 Å². The molecule has 0 atom stereocenters. The molecule has 0 unspecified atom stereocenters. The molecule has 0 amide bonds. The number of aromatic nitrogens is 2. The van der Waals surface area contributed by atoms with Crippen LogP contribution in [0, 0.1) is 5.41 Å². The van der Waals surface area contributed by atoms with Crippen molar-refractivity contribution in [2.24, 2.45) is 10.4 Å². The van der Waals surface area contributed by atoms with Crippen LogP contribution in [-0.2, 0) is 10.2 Å². The monoisotopic (exact) mass is 237 g/mol. The Morgan fingerprint density at radius 1 is 1.24 bits per heavy atom. The second-order valence-corrected chi connectivity index (χ2v) is 6.26. The van der Waals surface area contributed by atoms with E-state index in [0.717, 1.165) is 5.69 Å². The van der Waals surface area contributed by atoms with Crippen LogP contribution in [0.3, 0.4) is 0 Å². The van der Waals surface area contributed by atoms with Gasteiger partial charge in [0.05, 0.1) is 7.11 Å². The lowest BCUT2D eigenvalue weighted by atomic mass is 9.92. The molecule has 0 aliphatic carbocycles. The molecule has 4 nitrogen and oxygen atoms in total. The third-order valence-corrected chi connectivity index (χ3v) is 2.42. The SMILES string of the molecule is COC(=Nc1cc(C(C)(C)C)[nH]n1)C(C)(C)C. The van der Waals surface area contributed by atoms with Crippen molar-refractivity contribution in [1.82, 2.24) is 10.2 Å². The Kier molecular flexibility index (Phi) is 3.65. The van der Waals surface area contributed by atoms with Crippen LogP contribution in [0.15, 0.2) is 11.1 Å². The number of H-pyrrole nitrogens is 1. The molecule has 0 saturated carbocycles. The second-order valence-electron chi connectivity index (χ2n) is 6.26. The molecule has 0 aliphatic heterocycles. The number of hydrogen-bond donors (Lipinski definition) is 1. The predicted molar refractivity (Wildman–Crippen MR) is 70.8 cm³/mol. The molecule has 17 heavy (non-hydrogen) atoms. The maximum absolute atomic E-state index is 5.31. The molecule has 1 aromatic rings. The van der Waals surface area contributed by atoms with E-state index >= 15 is 0 Å². The van der Waals surface area contributed by atoms with Crippen molar-refractivity contribution in [2.75, 3.05) is 7.11 Å². The Bertz CT molecular complexity index is 405. The number of ether oxygens (including phenoxy) is 1. The summed E-state index contributed by atoms with van der Waals surface area (Å²) in [5.41, 5.74) is 1.01. The summed E-state index contributed by atoms with van der Waals surface area (Å²) >= 11 is 0. The Hall–Kier alpha value is -1.32. The van der Waals surface area contributed by atoms with E-state index in [1.165, 1.54) is 0 Å². The van der Waals surface area contributed by atoms with Gasteiger partial charge in [-0.2, -0.15) is 10.1 Å². The smallest absolute Gasteiger partial charge is 0.195 e. The fourth-order valence-corrected chi connectivity index (χ4v) is 1.38. The van der Waals surface area contributed by atoms with Gasteiger partial charge in [-0.15, -0.1) is 0 Å². The van der Waals surface area contributed by atoms with Crippen LogP contribution in [0.5, 0.6) is 0 Å². The van der Waals surface area contributed by atoms with Gasteiger partial charge in [-0.3, -0.25) is 5.10 Å². The summed E-state index contributed by atoms with van der Waals surface area (Å²) in [6.07, 6.45) is 0. The molecule has 1 heterocycles. The number of hydrogen-bond acceptors (Lipinski definition) is 3. The van der Waals surface area contributed by atoms with Gasteiger partial charge in [0.25, 0.3) is 0 Å². The van der Waals surface area contributed by atoms with E-state index in [0.29, 0.717) is 11.7 Å². The highest BCUT2D eigenvalue weighted by molar-refractivity contribution is 5.83. The number of nitrogens with zero attached hydrogens (tertiary/aromatic N) is 2. The van der Waals surface area contributed by atoms with E-state index in [1.54, 1.807) is 7.11 Å². The standard InChI is InChI=1S/C13H23N3O/c1-12(2,3)9-8-10(16-15-9)14-11(17-7)13(4,5)6/h8H,1-7H3,(H,15,16). The van der Waals surface area contributed by atoms with E-state index in [9.17, 15) is 0 Å². The fourth-order valence-electron chi connectivity index (χ4n) is 1.38. The van der Waals surface area contributed by atoms with Crippen LogP contribution in [0.4, 0.5) is 5.82 Å². The first-order valence-corrected chi connectivity index (χ1v) is 5.83. The zero-order chi connectivity index (χ0) is 13.3. The average Bonchev–Trinajstić information content (AvgIpc) is 2.59. The minimum absolute atomic E-state index is 0.0513. The maximum Gasteiger partial charge on any atom is 0.195 e. The minimum Gasteiger partial charge on any atom is -0.484 e. The minimum atomic E-state index is -0.115. The topological polar surface area (TPSA) is 50.3 Å². The predicted octanol–water partition coefficient (Wildman–Crippen LogP) is 3.43. The number of nitrogens with one attached hydrogen (secondary N) is 1. The van der Waals surface area contributed by atoms with E-state index in [-0.39, 0.29) is 10.8 Å². The molecule has 0 saturated heterocycles. The number of aromatic amines is 1. The summed E-state index contributed by atoms with van der Waals surface area (Å²) in [7, 11) is 1.64. The van der Waals surface area contributed by atoms with Crippen LogP contribution in [0.25, 0.3) is 0 Å². The highest BCUT2D eigenvalue weighted by atomic mass is 16.5. The van der Waals surface area contributed by atoms with Crippen molar-refractivity contribution in [1.29, 1.82) is 0 Å². The normalized spacial score (nSPS) is 13.9. The Labute approximate surface area is 103 Å². The second kappa shape index (κ2) is 4.51. The van der Waals surface area contributed by atoms with Gasteiger partial charge >= 0.3 is 0 Å². The molecule has 0 aromatic carbocycles. The van der Waals surface area contributed by atoms with E-state index < -0.39 is 0 Å². The van der Waals surface area contributed by atoms with Crippen LogP contribution in [-0.4, -0.2) is 23.2 Å². The van der Waals surface area contributed by atoms with Gasteiger partial charge in [0, 0.05) is 22.6 Å². The van der Waals surface area contributed by atoms with Gasteiger partial charge in [-0.05, 0) is 0 Å². The molecule has 96 valence electrons. The van der Waals surface area contributed by atoms with Crippen molar-refractivity contribution < 1.29 is 4.74 Å². The third kappa shape index (κ3) is 3.58. The highest BCUT2D eigenvalue weighted by Gasteiger charge is 2.21.